The Kier molecular flexibility index (Phi) is 5.11. The maximum atomic E-state index is 13.4. The van der Waals surface area contributed by atoms with Gasteiger partial charge in [0.05, 0.1) is 5.92 Å². The molecule has 0 aromatic heterocycles. The second-order valence-corrected chi connectivity index (χ2v) is 5.83. The number of carbonyl (C=O) groups excluding carboxylic acids is 2. The number of benzene rings is 2. The van der Waals surface area contributed by atoms with Crippen LogP contribution in [0.3, 0.4) is 0 Å². The van der Waals surface area contributed by atoms with Crippen molar-refractivity contribution in [3.63, 3.8) is 0 Å². The molecule has 26 heavy (non-hydrogen) atoms. The molecule has 136 valence electrons. The largest absolute Gasteiger partial charge is 0.481 e. The van der Waals surface area contributed by atoms with Crippen LogP contribution >= 0.6 is 0 Å². The van der Waals surface area contributed by atoms with Crippen LogP contribution in [0.15, 0.2) is 42.5 Å². The summed E-state index contributed by atoms with van der Waals surface area (Å²) in [6.07, 6.45) is 0. The lowest BCUT2D eigenvalue weighted by atomic mass is 9.99. The number of rotatable bonds is 5. The van der Waals surface area contributed by atoms with Crippen molar-refractivity contribution in [2.45, 2.75) is 0 Å². The number of nitrogens with zero attached hydrogens (tertiary/aromatic N) is 1. The number of halogens is 3. The van der Waals surface area contributed by atoms with Crippen LogP contribution in [0.5, 0.6) is 5.75 Å². The van der Waals surface area contributed by atoms with Gasteiger partial charge in [0.25, 0.3) is 5.91 Å². The molecule has 2 amide bonds. The Hall–Kier alpha value is -3.03. The molecule has 0 atom stereocenters. The van der Waals surface area contributed by atoms with Crippen molar-refractivity contribution in [3.05, 3.63) is 59.9 Å². The number of anilines is 1. The van der Waals surface area contributed by atoms with E-state index in [0.29, 0.717) is 0 Å². The number of nitrogens with one attached hydrogen (secondary N) is 1. The van der Waals surface area contributed by atoms with Crippen molar-refractivity contribution >= 4 is 17.5 Å². The summed E-state index contributed by atoms with van der Waals surface area (Å²) >= 11 is 0. The molecule has 1 saturated heterocycles. The molecule has 1 N–H and O–H groups in total. The normalized spacial score (nSPS) is 13.9. The van der Waals surface area contributed by atoms with Crippen LogP contribution < -0.4 is 10.1 Å². The summed E-state index contributed by atoms with van der Waals surface area (Å²) in [5, 5.41) is 2.47. The van der Waals surface area contributed by atoms with E-state index in [4.69, 9.17) is 4.74 Å². The highest BCUT2D eigenvalue weighted by atomic mass is 19.2. The maximum Gasteiger partial charge on any atom is 0.260 e. The first-order valence-electron chi connectivity index (χ1n) is 7.85. The molecule has 0 bridgehead atoms. The molecule has 3 rings (SSSR count). The number of carbonyl (C=O) groups is 2. The lowest BCUT2D eigenvalue weighted by Crippen LogP contribution is -2.55. The van der Waals surface area contributed by atoms with E-state index < -0.39 is 29.3 Å². The van der Waals surface area contributed by atoms with Gasteiger partial charge in [-0.3, -0.25) is 9.59 Å². The van der Waals surface area contributed by atoms with Gasteiger partial charge in [-0.1, -0.05) is 12.1 Å². The second kappa shape index (κ2) is 7.47. The second-order valence-electron chi connectivity index (χ2n) is 5.83. The average molecular weight is 364 g/mol. The minimum atomic E-state index is -1.06. The van der Waals surface area contributed by atoms with Gasteiger partial charge in [0.1, 0.15) is 0 Å². The standard InChI is InChI=1S/C18H15F3N2O3/c19-13-6-5-12(7-15(13)21)22-18(25)11-8-23(9-11)17(24)10-26-16-4-2-1-3-14(16)20/h1-7,11H,8-10H2,(H,22,25). The van der Waals surface area contributed by atoms with Crippen LogP contribution in [-0.2, 0) is 9.59 Å². The molecule has 8 heteroatoms. The number of hydrogen-bond acceptors (Lipinski definition) is 3. The molecule has 1 aliphatic heterocycles. The van der Waals surface area contributed by atoms with Gasteiger partial charge in [-0.15, -0.1) is 0 Å². The Labute approximate surface area is 147 Å². The van der Waals surface area contributed by atoms with Crippen molar-refractivity contribution in [2.24, 2.45) is 5.92 Å². The third kappa shape index (κ3) is 3.96. The van der Waals surface area contributed by atoms with Gasteiger partial charge in [-0.25, -0.2) is 13.2 Å². The Morgan fingerprint density at radius 2 is 1.77 bits per heavy atom. The highest BCUT2D eigenvalue weighted by Gasteiger charge is 2.35. The van der Waals surface area contributed by atoms with Crippen LogP contribution in [0.4, 0.5) is 18.9 Å². The zero-order valence-corrected chi connectivity index (χ0v) is 13.5. The molecule has 2 aromatic rings. The first-order chi connectivity index (χ1) is 12.4. The van der Waals surface area contributed by atoms with Gasteiger partial charge in [-0.2, -0.15) is 0 Å². The summed E-state index contributed by atoms with van der Waals surface area (Å²) in [7, 11) is 0. The van der Waals surface area contributed by atoms with Crippen molar-refractivity contribution in [2.75, 3.05) is 25.0 Å². The van der Waals surface area contributed by atoms with E-state index in [-0.39, 0.29) is 37.0 Å². The molecule has 0 unspecified atom stereocenters. The number of likely N-dealkylation sites (tertiary alicyclic amines) is 1. The SMILES string of the molecule is O=C(Nc1ccc(F)c(F)c1)C1CN(C(=O)COc2ccccc2F)C1. The number of hydrogen-bond donors (Lipinski definition) is 1. The predicted octanol–water partition coefficient (Wildman–Crippen LogP) is 2.58. The molecule has 5 nitrogen and oxygen atoms in total. The van der Waals surface area contributed by atoms with Crippen LogP contribution in [0.2, 0.25) is 0 Å². The number of para-hydroxylation sites is 1. The van der Waals surface area contributed by atoms with Crippen LogP contribution in [0.1, 0.15) is 0 Å². The fraction of sp³-hybridized carbons (Fsp3) is 0.222. The lowest BCUT2D eigenvalue weighted by Gasteiger charge is -2.38. The third-order valence-electron chi connectivity index (χ3n) is 3.98. The molecule has 0 saturated carbocycles. The van der Waals surface area contributed by atoms with Crippen molar-refractivity contribution in [1.29, 1.82) is 0 Å². The van der Waals surface area contributed by atoms with E-state index in [1.54, 1.807) is 6.07 Å². The Morgan fingerprint density at radius 1 is 1.04 bits per heavy atom. The summed E-state index contributed by atoms with van der Waals surface area (Å²) in [6, 6.07) is 8.79. The Morgan fingerprint density at radius 3 is 2.46 bits per heavy atom. The van der Waals surface area contributed by atoms with E-state index >= 15 is 0 Å². The molecule has 1 aliphatic rings. The van der Waals surface area contributed by atoms with Crippen molar-refractivity contribution < 1.29 is 27.5 Å². The first-order valence-corrected chi connectivity index (χ1v) is 7.85. The van der Waals surface area contributed by atoms with Gasteiger partial charge < -0.3 is 15.0 Å². The average Bonchev–Trinajstić information content (AvgIpc) is 2.56. The van der Waals surface area contributed by atoms with E-state index in [1.807, 2.05) is 0 Å². The smallest absolute Gasteiger partial charge is 0.260 e. The minimum Gasteiger partial charge on any atom is -0.481 e. The summed E-state index contributed by atoms with van der Waals surface area (Å²) in [5.74, 6) is -3.86. The van der Waals surface area contributed by atoms with Crippen LogP contribution in [0, 0.1) is 23.4 Å². The zero-order valence-electron chi connectivity index (χ0n) is 13.5. The van der Waals surface area contributed by atoms with E-state index in [2.05, 4.69) is 5.32 Å². The van der Waals surface area contributed by atoms with Gasteiger partial charge >= 0.3 is 0 Å². The summed E-state index contributed by atoms with van der Waals surface area (Å²) in [6.45, 7) is 0.0163. The summed E-state index contributed by atoms with van der Waals surface area (Å²) in [4.78, 5) is 25.4. The summed E-state index contributed by atoms with van der Waals surface area (Å²) in [5.41, 5.74) is 0.140. The maximum absolute atomic E-state index is 13.4. The molecular formula is C18H15F3N2O3. The fourth-order valence-corrected chi connectivity index (χ4v) is 2.46. The Balaban J connectivity index is 1.45. The number of amides is 2. The van der Waals surface area contributed by atoms with E-state index in [0.717, 1.165) is 12.1 Å². The van der Waals surface area contributed by atoms with Gasteiger partial charge in [0, 0.05) is 24.8 Å². The molecule has 1 fully saturated rings. The van der Waals surface area contributed by atoms with Gasteiger partial charge in [0.2, 0.25) is 5.91 Å². The quantitative estimate of drug-likeness (QED) is 0.887. The predicted molar refractivity (Wildman–Crippen MR) is 87.0 cm³/mol. The van der Waals surface area contributed by atoms with E-state index in [1.165, 1.54) is 29.2 Å². The molecule has 0 aliphatic carbocycles. The molecule has 0 spiro atoms. The van der Waals surface area contributed by atoms with Gasteiger partial charge in [-0.05, 0) is 24.3 Å². The third-order valence-corrected chi connectivity index (χ3v) is 3.98. The lowest BCUT2D eigenvalue weighted by molar-refractivity contribution is -0.143. The first kappa shape index (κ1) is 17.8. The van der Waals surface area contributed by atoms with Crippen molar-refractivity contribution in [3.8, 4) is 5.75 Å². The van der Waals surface area contributed by atoms with Gasteiger partial charge in [0.15, 0.2) is 29.8 Å². The number of ether oxygens (including phenoxy) is 1. The van der Waals surface area contributed by atoms with Crippen LogP contribution in [0.25, 0.3) is 0 Å². The van der Waals surface area contributed by atoms with E-state index in [9.17, 15) is 22.8 Å². The topological polar surface area (TPSA) is 58.6 Å². The zero-order chi connectivity index (χ0) is 18.7. The highest BCUT2D eigenvalue weighted by Crippen LogP contribution is 2.20. The molecule has 1 heterocycles. The molecule has 0 radical (unpaired) electrons. The van der Waals surface area contributed by atoms with Crippen molar-refractivity contribution in [1.82, 2.24) is 4.90 Å². The van der Waals surface area contributed by atoms with Crippen LogP contribution in [-0.4, -0.2) is 36.4 Å². The minimum absolute atomic E-state index is 0.0194. The monoisotopic (exact) mass is 364 g/mol. The summed E-state index contributed by atoms with van der Waals surface area (Å²) < 4.78 is 44.5. The highest BCUT2D eigenvalue weighted by molar-refractivity contribution is 5.94. The fourth-order valence-electron chi connectivity index (χ4n) is 2.46. The molecule has 2 aromatic carbocycles. The molecular weight excluding hydrogens is 349 g/mol. The Bertz CT molecular complexity index is 838.